The van der Waals surface area contributed by atoms with Crippen molar-refractivity contribution in [3.05, 3.63) is 65.7 Å². The van der Waals surface area contributed by atoms with Gasteiger partial charge in [-0.05, 0) is 60.4 Å². The number of rotatable bonds is 8. The molecule has 3 aromatic rings. The number of pyridine rings is 1. The maximum absolute atomic E-state index is 12.6. The first-order valence-corrected chi connectivity index (χ1v) is 10.3. The third kappa shape index (κ3) is 6.44. The predicted molar refractivity (Wildman–Crippen MR) is 118 cm³/mol. The number of benzene rings is 2. The molecule has 0 aliphatic carbocycles. The number of nitrogens with one attached hydrogen (secondary N) is 2. The van der Waals surface area contributed by atoms with Gasteiger partial charge in [0.1, 0.15) is 5.82 Å². The standard InChI is InChI=1S/C24H26F3N3O/c1-3-16(2)15-28-22-12-7-18-14-20(10-11-21(18)30-22)29-23(31)13-6-17-4-8-19(9-5-17)24(25,26)27/h4-5,7-12,14,16H,3,6,13,15H2,1-2H3,(H,28,30)(H,29,31)/t16-/m1/s1. The molecule has 1 atom stereocenters. The summed E-state index contributed by atoms with van der Waals surface area (Å²) >= 11 is 0. The fourth-order valence-electron chi connectivity index (χ4n) is 3.07. The number of halogens is 3. The van der Waals surface area contributed by atoms with Crippen molar-refractivity contribution in [2.75, 3.05) is 17.2 Å². The Balaban J connectivity index is 1.56. The van der Waals surface area contributed by atoms with Crippen molar-refractivity contribution in [3.63, 3.8) is 0 Å². The minimum atomic E-state index is -4.36. The van der Waals surface area contributed by atoms with Crippen LogP contribution in [0.3, 0.4) is 0 Å². The maximum Gasteiger partial charge on any atom is 0.416 e. The van der Waals surface area contributed by atoms with Crippen LogP contribution < -0.4 is 10.6 Å². The summed E-state index contributed by atoms with van der Waals surface area (Å²) in [5.41, 5.74) is 1.48. The average Bonchev–Trinajstić information content (AvgIpc) is 2.75. The zero-order valence-electron chi connectivity index (χ0n) is 17.6. The van der Waals surface area contributed by atoms with Gasteiger partial charge in [-0.15, -0.1) is 0 Å². The van der Waals surface area contributed by atoms with Gasteiger partial charge in [-0.2, -0.15) is 13.2 Å². The summed E-state index contributed by atoms with van der Waals surface area (Å²) in [7, 11) is 0. The SMILES string of the molecule is CC[C@@H](C)CNc1ccc2cc(NC(=O)CCc3ccc(C(F)(F)F)cc3)ccc2n1. The highest BCUT2D eigenvalue weighted by molar-refractivity contribution is 5.94. The number of carbonyl (C=O) groups is 1. The summed E-state index contributed by atoms with van der Waals surface area (Å²) in [6.07, 6.45) is -2.71. The van der Waals surface area contributed by atoms with E-state index in [9.17, 15) is 18.0 Å². The minimum absolute atomic E-state index is 0.181. The van der Waals surface area contributed by atoms with Gasteiger partial charge in [-0.3, -0.25) is 4.79 Å². The molecule has 0 aliphatic heterocycles. The molecule has 1 aromatic heterocycles. The van der Waals surface area contributed by atoms with Crippen molar-refractivity contribution in [1.82, 2.24) is 4.98 Å². The molecule has 0 saturated carbocycles. The van der Waals surface area contributed by atoms with Gasteiger partial charge in [0, 0.05) is 24.0 Å². The highest BCUT2D eigenvalue weighted by Gasteiger charge is 2.29. The number of hydrogen-bond acceptors (Lipinski definition) is 3. The fourth-order valence-corrected chi connectivity index (χ4v) is 3.07. The highest BCUT2D eigenvalue weighted by Crippen LogP contribution is 2.29. The molecule has 0 radical (unpaired) electrons. The molecule has 1 heterocycles. The van der Waals surface area contributed by atoms with E-state index in [2.05, 4.69) is 29.5 Å². The monoisotopic (exact) mass is 429 g/mol. The molecule has 1 amide bonds. The van der Waals surface area contributed by atoms with Gasteiger partial charge in [0.05, 0.1) is 11.1 Å². The first-order valence-electron chi connectivity index (χ1n) is 10.3. The average molecular weight is 429 g/mol. The molecule has 0 aliphatic rings. The van der Waals surface area contributed by atoms with Crippen molar-refractivity contribution in [2.45, 2.75) is 39.3 Å². The van der Waals surface area contributed by atoms with Crippen molar-refractivity contribution in [1.29, 1.82) is 0 Å². The number of aromatic nitrogens is 1. The first kappa shape index (κ1) is 22.6. The van der Waals surface area contributed by atoms with E-state index in [1.54, 1.807) is 6.07 Å². The molecule has 3 rings (SSSR count). The minimum Gasteiger partial charge on any atom is -0.370 e. The Hall–Kier alpha value is -3.09. The number of alkyl halides is 3. The van der Waals surface area contributed by atoms with E-state index in [1.165, 1.54) is 12.1 Å². The lowest BCUT2D eigenvalue weighted by atomic mass is 10.1. The second-order valence-electron chi connectivity index (χ2n) is 7.74. The van der Waals surface area contributed by atoms with Crippen LogP contribution in [-0.4, -0.2) is 17.4 Å². The van der Waals surface area contributed by atoms with Crippen LogP contribution in [0.15, 0.2) is 54.6 Å². The van der Waals surface area contributed by atoms with Gasteiger partial charge >= 0.3 is 6.18 Å². The maximum atomic E-state index is 12.6. The Bertz CT molecular complexity index is 1030. The predicted octanol–water partition coefficient (Wildman–Crippen LogP) is 6.28. The van der Waals surface area contributed by atoms with Crippen LogP contribution in [0.4, 0.5) is 24.7 Å². The molecule has 0 saturated heterocycles. The lowest BCUT2D eigenvalue weighted by Crippen LogP contribution is -2.12. The van der Waals surface area contributed by atoms with Crippen LogP contribution >= 0.6 is 0 Å². The number of nitrogens with zero attached hydrogens (tertiary/aromatic N) is 1. The molecule has 31 heavy (non-hydrogen) atoms. The first-order chi connectivity index (χ1) is 14.7. The Morgan fingerprint density at radius 1 is 1.06 bits per heavy atom. The number of hydrogen-bond donors (Lipinski definition) is 2. The van der Waals surface area contributed by atoms with Gasteiger partial charge in [0.15, 0.2) is 0 Å². The van der Waals surface area contributed by atoms with Crippen LogP contribution in [0, 0.1) is 5.92 Å². The smallest absolute Gasteiger partial charge is 0.370 e. The molecule has 0 bridgehead atoms. The Labute approximate surface area is 179 Å². The van der Waals surface area contributed by atoms with Gasteiger partial charge in [-0.1, -0.05) is 32.4 Å². The van der Waals surface area contributed by atoms with Crippen molar-refractivity contribution < 1.29 is 18.0 Å². The van der Waals surface area contributed by atoms with E-state index < -0.39 is 11.7 Å². The van der Waals surface area contributed by atoms with Crippen LogP contribution in [-0.2, 0) is 17.4 Å². The van der Waals surface area contributed by atoms with Gasteiger partial charge in [-0.25, -0.2) is 4.98 Å². The zero-order chi connectivity index (χ0) is 22.4. The summed E-state index contributed by atoms with van der Waals surface area (Å²) in [5.74, 6) is 1.19. The Kier molecular flexibility index (Phi) is 7.15. The normalized spacial score (nSPS) is 12.5. The van der Waals surface area contributed by atoms with E-state index in [0.717, 1.165) is 41.8 Å². The van der Waals surface area contributed by atoms with E-state index in [-0.39, 0.29) is 12.3 Å². The van der Waals surface area contributed by atoms with Crippen molar-refractivity contribution >= 4 is 28.3 Å². The summed E-state index contributed by atoms with van der Waals surface area (Å²) in [6, 6.07) is 14.3. The Morgan fingerprint density at radius 2 is 1.81 bits per heavy atom. The second-order valence-corrected chi connectivity index (χ2v) is 7.74. The molecule has 7 heteroatoms. The number of carbonyl (C=O) groups excluding carboxylic acids is 1. The number of fused-ring (bicyclic) bond motifs is 1. The fraction of sp³-hybridized carbons (Fsp3) is 0.333. The van der Waals surface area contributed by atoms with Crippen molar-refractivity contribution in [2.24, 2.45) is 5.92 Å². The zero-order valence-corrected chi connectivity index (χ0v) is 17.6. The summed E-state index contributed by atoms with van der Waals surface area (Å²) in [6.45, 7) is 5.20. The molecule has 164 valence electrons. The van der Waals surface area contributed by atoms with E-state index in [4.69, 9.17) is 0 Å². The highest BCUT2D eigenvalue weighted by atomic mass is 19.4. The van der Waals surface area contributed by atoms with Crippen LogP contribution in [0.1, 0.15) is 37.8 Å². The Morgan fingerprint density at radius 3 is 2.48 bits per heavy atom. The van der Waals surface area contributed by atoms with Gasteiger partial charge in [0.25, 0.3) is 0 Å². The molecule has 0 spiro atoms. The molecule has 0 fully saturated rings. The largest absolute Gasteiger partial charge is 0.416 e. The summed E-state index contributed by atoms with van der Waals surface area (Å²) in [4.78, 5) is 16.9. The lowest BCUT2D eigenvalue weighted by molar-refractivity contribution is -0.137. The van der Waals surface area contributed by atoms with Crippen LogP contribution in [0.2, 0.25) is 0 Å². The second kappa shape index (κ2) is 9.81. The summed E-state index contributed by atoms with van der Waals surface area (Å²) < 4.78 is 37.9. The van der Waals surface area contributed by atoms with Gasteiger partial charge in [0.2, 0.25) is 5.91 Å². The molecule has 2 N–H and O–H groups in total. The molecular formula is C24H26F3N3O. The quantitative estimate of drug-likeness (QED) is 0.443. The van der Waals surface area contributed by atoms with E-state index in [0.29, 0.717) is 23.6 Å². The van der Waals surface area contributed by atoms with Gasteiger partial charge < -0.3 is 10.6 Å². The third-order valence-corrected chi connectivity index (χ3v) is 5.22. The molecule has 0 unspecified atom stereocenters. The van der Waals surface area contributed by atoms with Crippen LogP contribution in [0.5, 0.6) is 0 Å². The molecular weight excluding hydrogens is 403 g/mol. The van der Waals surface area contributed by atoms with Crippen LogP contribution in [0.25, 0.3) is 10.9 Å². The topological polar surface area (TPSA) is 54.0 Å². The van der Waals surface area contributed by atoms with E-state index in [1.807, 2.05) is 24.3 Å². The molecule has 4 nitrogen and oxygen atoms in total. The third-order valence-electron chi connectivity index (χ3n) is 5.22. The number of anilines is 2. The molecule has 2 aromatic carbocycles. The van der Waals surface area contributed by atoms with E-state index >= 15 is 0 Å². The lowest BCUT2D eigenvalue weighted by Gasteiger charge is -2.12. The number of amides is 1. The van der Waals surface area contributed by atoms with Crippen molar-refractivity contribution in [3.8, 4) is 0 Å². The summed E-state index contributed by atoms with van der Waals surface area (Å²) in [5, 5.41) is 7.09. The number of aryl methyl sites for hydroxylation is 1.